The van der Waals surface area contributed by atoms with E-state index in [2.05, 4.69) is 17.1 Å². The monoisotopic (exact) mass is 241 g/mol. The van der Waals surface area contributed by atoms with Crippen molar-refractivity contribution in [2.24, 2.45) is 11.7 Å². The fraction of sp³-hybridized carbons (Fsp3) is 1.00. The zero-order chi connectivity index (χ0) is 12.3. The summed E-state index contributed by atoms with van der Waals surface area (Å²) in [5.41, 5.74) is 6.18. The molecule has 0 amide bonds. The number of nitrogens with zero attached hydrogens (tertiary/aromatic N) is 1. The standard InChI is InChI=1S/C13H27N3O/c1-2-12(5-8-17)15-13(9-14)10-16-6-3-11(13)4-7-16/h11-12,15,17H,2-10,14H2,1H3. The predicted octanol–water partition coefficient (Wildman–Crippen LogP) is 0.160. The summed E-state index contributed by atoms with van der Waals surface area (Å²) in [6.07, 6.45) is 4.46. The van der Waals surface area contributed by atoms with Crippen LogP contribution in [0.2, 0.25) is 0 Å². The van der Waals surface area contributed by atoms with Crippen molar-refractivity contribution in [1.29, 1.82) is 0 Å². The maximum atomic E-state index is 9.10. The molecule has 2 atom stereocenters. The minimum Gasteiger partial charge on any atom is -0.396 e. The zero-order valence-electron chi connectivity index (χ0n) is 11.0. The van der Waals surface area contributed by atoms with Crippen LogP contribution in [-0.4, -0.2) is 54.4 Å². The highest BCUT2D eigenvalue weighted by molar-refractivity contribution is 5.05. The summed E-state index contributed by atoms with van der Waals surface area (Å²) in [4.78, 5) is 2.53. The van der Waals surface area contributed by atoms with E-state index in [0.717, 1.165) is 31.8 Å². The zero-order valence-corrected chi connectivity index (χ0v) is 11.0. The lowest BCUT2D eigenvalue weighted by molar-refractivity contribution is 0.00233. The molecule has 3 fully saturated rings. The third kappa shape index (κ3) is 2.65. The Morgan fingerprint density at radius 1 is 1.47 bits per heavy atom. The first-order valence-corrected chi connectivity index (χ1v) is 7.05. The SMILES string of the molecule is CCC(CCO)NC1(CN)CN2CCC1CC2. The summed E-state index contributed by atoms with van der Waals surface area (Å²) in [6.45, 7) is 6.74. The van der Waals surface area contributed by atoms with Crippen molar-refractivity contribution >= 4 is 0 Å². The van der Waals surface area contributed by atoms with Gasteiger partial charge in [-0.2, -0.15) is 0 Å². The van der Waals surface area contributed by atoms with Crippen LogP contribution in [0.25, 0.3) is 0 Å². The molecule has 3 aliphatic rings. The Balaban J connectivity index is 2.03. The van der Waals surface area contributed by atoms with E-state index >= 15 is 0 Å². The van der Waals surface area contributed by atoms with Gasteiger partial charge in [-0.05, 0) is 44.7 Å². The number of aliphatic hydroxyl groups excluding tert-OH is 1. The maximum absolute atomic E-state index is 9.10. The van der Waals surface area contributed by atoms with E-state index < -0.39 is 0 Å². The lowest BCUT2D eigenvalue weighted by Crippen LogP contribution is -2.70. The van der Waals surface area contributed by atoms with Gasteiger partial charge in [0.1, 0.15) is 0 Å². The summed E-state index contributed by atoms with van der Waals surface area (Å²) in [5, 5.41) is 12.9. The average molecular weight is 241 g/mol. The quantitative estimate of drug-likeness (QED) is 0.620. The number of nitrogens with one attached hydrogen (secondary N) is 1. The van der Waals surface area contributed by atoms with Gasteiger partial charge in [-0.3, -0.25) is 0 Å². The molecule has 0 aromatic rings. The van der Waals surface area contributed by atoms with Crippen molar-refractivity contribution in [1.82, 2.24) is 10.2 Å². The summed E-state index contributed by atoms with van der Waals surface area (Å²) < 4.78 is 0. The fourth-order valence-corrected chi connectivity index (χ4v) is 3.57. The second-order valence-electron chi connectivity index (χ2n) is 5.67. The topological polar surface area (TPSA) is 61.5 Å². The van der Waals surface area contributed by atoms with Gasteiger partial charge in [0, 0.05) is 31.3 Å². The molecule has 0 spiro atoms. The van der Waals surface area contributed by atoms with Crippen LogP contribution in [-0.2, 0) is 0 Å². The van der Waals surface area contributed by atoms with Gasteiger partial charge in [0.05, 0.1) is 0 Å². The van der Waals surface area contributed by atoms with E-state index in [0.29, 0.717) is 6.04 Å². The summed E-state index contributed by atoms with van der Waals surface area (Å²) in [5.74, 6) is 0.727. The van der Waals surface area contributed by atoms with E-state index in [1.807, 2.05) is 0 Å². The van der Waals surface area contributed by atoms with E-state index in [4.69, 9.17) is 10.8 Å². The molecule has 0 aromatic carbocycles. The molecule has 17 heavy (non-hydrogen) atoms. The highest BCUT2D eigenvalue weighted by Crippen LogP contribution is 2.35. The van der Waals surface area contributed by atoms with Crippen LogP contribution in [0.3, 0.4) is 0 Å². The molecular formula is C13H27N3O. The van der Waals surface area contributed by atoms with Crippen LogP contribution in [0.5, 0.6) is 0 Å². The molecular weight excluding hydrogens is 214 g/mol. The Kier molecular flexibility index (Phi) is 4.42. The summed E-state index contributed by atoms with van der Waals surface area (Å²) >= 11 is 0. The Morgan fingerprint density at radius 3 is 2.59 bits per heavy atom. The van der Waals surface area contributed by atoms with Crippen LogP contribution < -0.4 is 11.1 Å². The molecule has 100 valence electrons. The van der Waals surface area contributed by atoms with Gasteiger partial charge in [-0.1, -0.05) is 6.92 Å². The van der Waals surface area contributed by atoms with Crippen LogP contribution in [0.4, 0.5) is 0 Å². The number of aliphatic hydroxyl groups is 1. The van der Waals surface area contributed by atoms with Crippen molar-refractivity contribution in [3.8, 4) is 0 Å². The van der Waals surface area contributed by atoms with Gasteiger partial charge in [-0.15, -0.1) is 0 Å². The number of rotatable bonds is 6. The van der Waals surface area contributed by atoms with E-state index in [1.165, 1.54) is 25.9 Å². The Hall–Kier alpha value is -0.160. The number of fused-ring (bicyclic) bond motifs is 3. The third-order valence-corrected chi connectivity index (χ3v) is 4.70. The van der Waals surface area contributed by atoms with Gasteiger partial charge in [-0.25, -0.2) is 0 Å². The molecule has 3 saturated heterocycles. The van der Waals surface area contributed by atoms with Crippen molar-refractivity contribution < 1.29 is 5.11 Å². The second kappa shape index (κ2) is 5.65. The molecule has 2 bridgehead atoms. The van der Waals surface area contributed by atoms with Crippen LogP contribution in [0, 0.1) is 5.92 Å². The Bertz CT molecular complexity index is 241. The highest BCUT2D eigenvalue weighted by Gasteiger charge is 2.46. The largest absolute Gasteiger partial charge is 0.396 e. The summed E-state index contributed by atoms with van der Waals surface area (Å²) in [6, 6.07) is 0.407. The van der Waals surface area contributed by atoms with Crippen LogP contribution >= 0.6 is 0 Å². The minimum absolute atomic E-state index is 0.104. The first-order chi connectivity index (χ1) is 8.24. The molecule has 4 N–H and O–H groups in total. The molecule has 3 aliphatic heterocycles. The molecule has 4 nitrogen and oxygen atoms in total. The lowest BCUT2D eigenvalue weighted by atomic mass is 9.72. The number of hydrogen-bond donors (Lipinski definition) is 3. The highest BCUT2D eigenvalue weighted by atomic mass is 16.3. The van der Waals surface area contributed by atoms with Crippen LogP contribution in [0.15, 0.2) is 0 Å². The van der Waals surface area contributed by atoms with Crippen molar-refractivity contribution in [3.63, 3.8) is 0 Å². The summed E-state index contributed by atoms with van der Waals surface area (Å²) in [7, 11) is 0. The van der Waals surface area contributed by atoms with Crippen molar-refractivity contribution in [3.05, 3.63) is 0 Å². The Morgan fingerprint density at radius 2 is 2.18 bits per heavy atom. The number of piperidine rings is 3. The predicted molar refractivity (Wildman–Crippen MR) is 69.9 cm³/mol. The molecule has 0 aliphatic carbocycles. The van der Waals surface area contributed by atoms with E-state index in [-0.39, 0.29) is 12.1 Å². The fourth-order valence-electron chi connectivity index (χ4n) is 3.57. The van der Waals surface area contributed by atoms with Crippen molar-refractivity contribution in [2.75, 3.05) is 32.8 Å². The molecule has 2 unspecified atom stereocenters. The normalized spacial score (nSPS) is 38.3. The Labute approximate surface area is 105 Å². The molecule has 0 saturated carbocycles. The van der Waals surface area contributed by atoms with Gasteiger partial charge < -0.3 is 21.1 Å². The average Bonchev–Trinajstić information content (AvgIpc) is 2.39. The lowest BCUT2D eigenvalue weighted by Gasteiger charge is -2.54. The third-order valence-electron chi connectivity index (χ3n) is 4.70. The molecule has 0 aromatic heterocycles. The number of nitrogens with two attached hydrogens (primary N) is 1. The van der Waals surface area contributed by atoms with Gasteiger partial charge >= 0.3 is 0 Å². The first-order valence-electron chi connectivity index (χ1n) is 7.05. The van der Waals surface area contributed by atoms with Crippen LogP contribution in [0.1, 0.15) is 32.6 Å². The maximum Gasteiger partial charge on any atom is 0.0464 e. The van der Waals surface area contributed by atoms with Crippen molar-refractivity contribution in [2.45, 2.75) is 44.2 Å². The molecule has 3 heterocycles. The molecule has 0 radical (unpaired) electrons. The first kappa shape index (κ1) is 13.3. The van der Waals surface area contributed by atoms with Gasteiger partial charge in [0.15, 0.2) is 0 Å². The number of hydrogen-bond acceptors (Lipinski definition) is 4. The second-order valence-corrected chi connectivity index (χ2v) is 5.67. The molecule has 4 heteroatoms. The molecule has 3 rings (SSSR count). The van der Waals surface area contributed by atoms with Gasteiger partial charge in [0.25, 0.3) is 0 Å². The minimum atomic E-state index is 0.104. The van der Waals surface area contributed by atoms with E-state index in [1.54, 1.807) is 0 Å². The van der Waals surface area contributed by atoms with Gasteiger partial charge in [0.2, 0.25) is 0 Å². The van der Waals surface area contributed by atoms with E-state index in [9.17, 15) is 0 Å². The smallest absolute Gasteiger partial charge is 0.0464 e.